The highest BCUT2D eigenvalue weighted by Crippen LogP contribution is 2.33. The normalized spacial score (nSPS) is 23.2. The van der Waals surface area contributed by atoms with E-state index < -0.39 is 11.6 Å². The van der Waals surface area contributed by atoms with Gasteiger partial charge >= 0.3 is 0 Å². The summed E-state index contributed by atoms with van der Waals surface area (Å²) in [5, 5.41) is 0. The molecular formula is C21H19FO3. The number of benzene rings is 2. The van der Waals surface area contributed by atoms with E-state index in [1.807, 2.05) is 44.2 Å². The summed E-state index contributed by atoms with van der Waals surface area (Å²) in [6, 6.07) is 12.2. The highest BCUT2D eigenvalue weighted by Gasteiger charge is 2.33. The predicted octanol–water partition coefficient (Wildman–Crippen LogP) is 4.15. The smallest absolute Gasteiger partial charge is 0.193 e. The lowest BCUT2D eigenvalue weighted by atomic mass is 9.95. The number of halogens is 1. The zero-order chi connectivity index (χ0) is 17.6. The van der Waals surface area contributed by atoms with Crippen molar-refractivity contribution in [1.29, 1.82) is 0 Å². The van der Waals surface area contributed by atoms with Crippen molar-refractivity contribution < 1.29 is 18.7 Å². The van der Waals surface area contributed by atoms with Gasteiger partial charge in [-0.2, -0.15) is 0 Å². The van der Waals surface area contributed by atoms with E-state index in [0.717, 1.165) is 16.7 Å². The van der Waals surface area contributed by atoms with Crippen molar-refractivity contribution in [3.63, 3.8) is 0 Å². The van der Waals surface area contributed by atoms with Crippen molar-refractivity contribution in [3.8, 4) is 0 Å². The molecule has 128 valence electrons. The van der Waals surface area contributed by atoms with Gasteiger partial charge in [0.25, 0.3) is 0 Å². The van der Waals surface area contributed by atoms with Crippen LogP contribution in [0.25, 0.3) is 5.57 Å². The Hall–Kier alpha value is -2.30. The number of hydrogen-bond donors (Lipinski definition) is 0. The Bertz CT molecular complexity index is 882. The lowest BCUT2D eigenvalue weighted by Gasteiger charge is -2.16. The summed E-state index contributed by atoms with van der Waals surface area (Å²) in [7, 11) is 0. The third kappa shape index (κ3) is 3.03. The van der Waals surface area contributed by atoms with Crippen LogP contribution in [0.5, 0.6) is 0 Å². The van der Waals surface area contributed by atoms with Crippen LogP contribution in [-0.4, -0.2) is 24.3 Å². The number of allylic oxidation sites excluding steroid dienone is 1. The average molecular weight is 338 g/mol. The second kappa shape index (κ2) is 5.90. The third-order valence-corrected chi connectivity index (χ3v) is 4.63. The Balaban J connectivity index is 1.85. The molecule has 1 heterocycles. The molecule has 3 nitrogen and oxygen atoms in total. The first-order valence-corrected chi connectivity index (χ1v) is 8.38. The molecule has 1 unspecified atom stereocenters. The number of carbonyl (C=O) groups is 1. The van der Waals surface area contributed by atoms with Gasteiger partial charge in [0.05, 0.1) is 6.61 Å². The Kier molecular flexibility index (Phi) is 3.82. The van der Waals surface area contributed by atoms with Gasteiger partial charge in [-0.05, 0) is 55.2 Å². The maximum Gasteiger partial charge on any atom is 0.193 e. The maximum absolute atomic E-state index is 13.7. The lowest BCUT2D eigenvalue weighted by molar-refractivity contribution is -0.133. The van der Waals surface area contributed by atoms with E-state index >= 15 is 0 Å². The second-order valence-corrected chi connectivity index (χ2v) is 6.91. The highest BCUT2D eigenvalue weighted by atomic mass is 19.1. The Labute approximate surface area is 146 Å². The largest absolute Gasteiger partial charge is 0.347 e. The van der Waals surface area contributed by atoms with E-state index in [9.17, 15) is 9.18 Å². The Morgan fingerprint density at radius 1 is 1.12 bits per heavy atom. The minimum atomic E-state index is -0.668. The zero-order valence-corrected chi connectivity index (χ0v) is 14.2. The Morgan fingerprint density at radius 2 is 1.88 bits per heavy atom. The van der Waals surface area contributed by atoms with Crippen LogP contribution in [0.2, 0.25) is 0 Å². The van der Waals surface area contributed by atoms with Crippen molar-refractivity contribution in [2.45, 2.75) is 32.2 Å². The predicted molar refractivity (Wildman–Crippen MR) is 92.9 cm³/mol. The van der Waals surface area contributed by atoms with Crippen LogP contribution >= 0.6 is 0 Å². The standard InChI is InChI=1S/C21H19FO3/c1-21(2)24-12-16(25-21)11-19-17-6-4-3-5-13(17)9-14-7-8-15(22)10-18(14)20(19)23/h3-8,10-11,16H,9,12H2,1-2H3. The fourth-order valence-electron chi connectivity index (χ4n) is 3.47. The number of Topliss-reactive ketones (excluding diaryl/α,β-unsaturated/α-hetero) is 1. The van der Waals surface area contributed by atoms with E-state index in [2.05, 4.69) is 0 Å². The minimum Gasteiger partial charge on any atom is -0.347 e. The molecule has 1 aliphatic heterocycles. The van der Waals surface area contributed by atoms with Gasteiger partial charge in [0.2, 0.25) is 0 Å². The van der Waals surface area contributed by atoms with E-state index in [4.69, 9.17) is 9.47 Å². The molecule has 1 saturated heterocycles. The molecule has 0 spiro atoms. The van der Waals surface area contributed by atoms with Crippen molar-refractivity contribution >= 4 is 11.4 Å². The van der Waals surface area contributed by atoms with Gasteiger partial charge < -0.3 is 9.47 Å². The minimum absolute atomic E-state index is 0.173. The molecule has 2 aromatic rings. The van der Waals surface area contributed by atoms with Gasteiger partial charge in [-0.15, -0.1) is 0 Å². The Morgan fingerprint density at radius 3 is 2.64 bits per heavy atom. The van der Waals surface area contributed by atoms with E-state index in [1.54, 1.807) is 6.07 Å². The summed E-state index contributed by atoms with van der Waals surface area (Å²) in [5.41, 5.74) is 3.72. The number of fused-ring (bicyclic) bond motifs is 2. The fraction of sp³-hybridized carbons (Fsp3) is 0.286. The topological polar surface area (TPSA) is 35.5 Å². The quantitative estimate of drug-likeness (QED) is 0.733. The second-order valence-electron chi connectivity index (χ2n) is 6.91. The SMILES string of the molecule is CC1(C)OCC(C=C2C(=O)c3cc(F)ccc3Cc3ccccc32)O1. The molecule has 1 aliphatic carbocycles. The molecule has 2 aromatic carbocycles. The first-order valence-electron chi connectivity index (χ1n) is 8.38. The average Bonchev–Trinajstić information content (AvgIpc) is 2.87. The summed E-state index contributed by atoms with van der Waals surface area (Å²) >= 11 is 0. The number of rotatable bonds is 1. The number of hydrogen-bond acceptors (Lipinski definition) is 3. The molecular weight excluding hydrogens is 319 g/mol. The molecule has 1 atom stereocenters. The molecule has 25 heavy (non-hydrogen) atoms. The summed E-state index contributed by atoms with van der Waals surface area (Å²) in [5.74, 6) is -1.24. The highest BCUT2D eigenvalue weighted by molar-refractivity contribution is 6.30. The number of ketones is 1. The van der Waals surface area contributed by atoms with Crippen molar-refractivity contribution in [2.75, 3.05) is 6.61 Å². The van der Waals surface area contributed by atoms with Gasteiger partial charge in [0.1, 0.15) is 11.9 Å². The van der Waals surface area contributed by atoms with E-state index in [1.165, 1.54) is 12.1 Å². The monoisotopic (exact) mass is 338 g/mol. The van der Waals surface area contributed by atoms with Crippen molar-refractivity contribution in [2.24, 2.45) is 0 Å². The number of ether oxygens (including phenoxy) is 2. The van der Waals surface area contributed by atoms with Crippen molar-refractivity contribution in [1.82, 2.24) is 0 Å². The number of carbonyl (C=O) groups excluding carboxylic acids is 1. The maximum atomic E-state index is 13.7. The third-order valence-electron chi connectivity index (χ3n) is 4.63. The van der Waals surface area contributed by atoms with Gasteiger partial charge in [-0.1, -0.05) is 30.3 Å². The van der Waals surface area contributed by atoms with Gasteiger partial charge in [0, 0.05) is 11.1 Å². The van der Waals surface area contributed by atoms with Gasteiger partial charge in [-0.3, -0.25) is 4.79 Å². The molecule has 0 aromatic heterocycles. The van der Waals surface area contributed by atoms with Crippen LogP contribution in [0, 0.1) is 5.82 Å². The summed E-state index contributed by atoms with van der Waals surface area (Å²) in [6.45, 7) is 4.08. The molecule has 4 heteroatoms. The summed E-state index contributed by atoms with van der Waals surface area (Å²) in [6.07, 6.45) is 2.11. The van der Waals surface area contributed by atoms with Crippen LogP contribution in [0.4, 0.5) is 4.39 Å². The first kappa shape index (κ1) is 16.2. The van der Waals surface area contributed by atoms with Crippen LogP contribution in [-0.2, 0) is 15.9 Å². The zero-order valence-electron chi connectivity index (χ0n) is 14.2. The van der Waals surface area contributed by atoms with Gasteiger partial charge in [-0.25, -0.2) is 4.39 Å². The van der Waals surface area contributed by atoms with E-state index in [-0.39, 0.29) is 11.9 Å². The molecule has 0 saturated carbocycles. The van der Waals surface area contributed by atoms with Crippen LogP contribution in [0.1, 0.15) is 40.9 Å². The van der Waals surface area contributed by atoms with Gasteiger partial charge in [0.15, 0.2) is 11.6 Å². The lowest BCUT2D eigenvalue weighted by Crippen LogP contribution is -2.21. The molecule has 0 N–H and O–H groups in total. The molecule has 0 radical (unpaired) electrons. The summed E-state index contributed by atoms with van der Waals surface area (Å²) in [4.78, 5) is 13.2. The van der Waals surface area contributed by atoms with Crippen molar-refractivity contribution in [3.05, 3.63) is 76.6 Å². The summed E-state index contributed by atoms with van der Waals surface area (Å²) < 4.78 is 25.2. The molecule has 1 fully saturated rings. The molecule has 4 rings (SSSR count). The fourth-order valence-corrected chi connectivity index (χ4v) is 3.47. The van der Waals surface area contributed by atoms with Crippen LogP contribution in [0.3, 0.4) is 0 Å². The van der Waals surface area contributed by atoms with E-state index in [0.29, 0.717) is 24.2 Å². The van der Waals surface area contributed by atoms with Crippen LogP contribution in [0.15, 0.2) is 48.5 Å². The first-order chi connectivity index (χ1) is 11.9. The molecule has 2 aliphatic rings. The molecule has 0 bridgehead atoms. The molecule has 0 amide bonds. The van der Waals surface area contributed by atoms with Crippen LogP contribution < -0.4 is 0 Å².